The Hall–Kier alpha value is -2.29. The molecule has 0 bridgehead atoms. The van der Waals surface area contributed by atoms with Crippen LogP contribution in [0.1, 0.15) is 24.2 Å². The number of anilines is 1. The van der Waals surface area contributed by atoms with Gasteiger partial charge in [-0.05, 0) is 42.7 Å². The van der Waals surface area contributed by atoms with E-state index in [1.54, 1.807) is 0 Å². The summed E-state index contributed by atoms with van der Waals surface area (Å²) in [6.07, 6.45) is 2.32. The van der Waals surface area contributed by atoms with Crippen LogP contribution in [0.5, 0.6) is 0 Å². The zero-order chi connectivity index (χ0) is 13.7. The summed E-state index contributed by atoms with van der Waals surface area (Å²) in [6.45, 7) is 0. The summed E-state index contributed by atoms with van der Waals surface area (Å²) in [7, 11) is 2.11. The molecule has 1 aromatic heterocycles. The molecule has 3 aromatic rings. The maximum Gasteiger partial charge on any atom is 0.120 e. The fourth-order valence-corrected chi connectivity index (χ4v) is 3.14. The number of benzene rings is 2. The van der Waals surface area contributed by atoms with Crippen LogP contribution in [0.3, 0.4) is 0 Å². The second-order valence-corrected chi connectivity index (χ2v) is 5.69. The molecule has 0 unspecified atom stereocenters. The van der Waals surface area contributed by atoms with Gasteiger partial charge in [0.15, 0.2) is 0 Å². The molecule has 3 heteroatoms. The lowest BCUT2D eigenvalue weighted by atomic mass is 9.95. The lowest BCUT2D eigenvalue weighted by molar-refractivity contribution is 0.705. The molecular formula is C17H17N3. The lowest BCUT2D eigenvalue weighted by Crippen LogP contribution is -2.14. The molecule has 0 aliphatic heterocycles. The summed E-state index contributed by atoms with van der Waals surface area (Å²) in [5, 5.41) is 0. The Kier molecular flexibility index (Phi) is 2.22. The summed E-state index contributed by atoms with van der Waals surface area (Å²) in [5.74, 6) is 1.17. The Balaban J connectivity index is 1.90. The number of imidazole rings is 1. The largest absolute Gasteiger partial charge is 0.399 e. The molecular weight excluding hydrogens is 246 g/mol. The summed E-state index contributed by atoms with van der Waals surface area (Å²) >= 11 is 0. The number of fused-ring (bicyclic) bond motifs is 1. The van der Waals surface area contributed by atoms with E-state index >= 15 is 0 Å². The van der Waals surface area contributed by atoms with Crippen molar-refractivity contribution in [3.63, 3.8) is 0 Å². The first-order valence-electron chi connectivity index (χ1n) is 6.99. The van der Waals surface area contributed by atoms with Crippen LogP contribution in [0.25, 0.3) is 11.0 Å². The zero-order valence-corrected chi connectivity index (χ0v) is 11.5. The minimum absolute atomic E-state index is 0.0848. The van der Waals surface area contributed by atoms with Crippen LogP contribution in [-0.2, 0) is 12.5 Å². The highest BCUT2D eigenvalue weighted by Crippen LogP contribution is 2.53. The zero-order valence-electron chi connectivity index (χ0n) is 11.5. The molecule has 1 heterocycles. The normalized spacial score (nSPS) is 16.4. The summed E-state index contributed by atoms with van der Waals surface area (Å²) < 4.78 is 2.23. The number of para-hydroxylation sites is 2. The highest BCUT2D eigenvalue weighted by atomic mass is 15.1. The van der Waals surface area contributed by atoms with E-state index in [0.717, 1.165) is 24.0 Å². The van der Waals surface area contributed by atoms with E-state index < -0.39 is 0 Å². The number of rotatable bonds is 2. The van der Waals surface area contributed by atoms with Gasteiger partial charge in [-0.1, -0.05) is 24.3 Å². The van der Waals surface area contributed by atoms with Crippen molar-refractivity contribution in [2.45, 2.75) is 18.3 Å². The van der Waals surface area contributed by atoms with Crippen molar-refractivity contribution in [2.75, 3.05) is 5.73 Å². The van der Waals surface area contributed by atoms with E-state index in [9.17, 15) is 0 Å². The highest BCUT2D eigenvalue weighted by Gasteiger charge is 2.49. The van der Waals surface area contributed by atoms with Crippen molar-refractivity contribution in [1.29, 1.82) is 0 Å². The predicted molar refractivity (Wildman–Crippen MR) is 81.6 cm³/mol. The summed E-state index contributed by atoms with van der Waals surface area (Å²) in [6, 6.07) is 16.6. The van der Waals surface area contributed by atoms with Crippen molar-refractivity contribution < 1.29 is 0 Å². The third kappa shape index (κ3) is 1.49. The second kappa shape index (κ2) is 3.85. The Morgan fingerprint density at radius 3 is 2.40 bits per heavy atom. The average Bonchev–Trinajstić information content (AvgIpc) is 3.20. The van der Waals surface area contributed by atoms with Crippen LogP contribution in [0, 0.1) is 0 Å². The molecule has 3 nitrogen and oxygen atoms in total. The average molecular weight is 263 g/mol. The quantitative estimate of drug-likeness (QED) is 0.721. The van der Waals surface area contributed by atoms with Crippen molar-refractivity contribution in [1.82, 2.24) is 9.55 Å². The number of aromatic nitrogens is 2. The molecule has 0 saturated heterocycles. The molecule has 1 saturated carbocycles. The Morgan fingerprint density at radius 2 is 1.75 bits per heavy atom. The van der Waals surface area contributed by atoms with Gasteiger partial charge in [0.05, 0.1) is 16.4 Å². The second-order valence-electron chi connectivity index (χ2n) is 5.69. The molecule has 0 spiro atoms. The van der Waals surface area contributed by atoms with E-state index in [0.29, 0.717) is 0 Å². The van der Waals surface area contributed by atoms with E-state index in [1.165, 1.54) is 16.9 Å². The van der Waals surface area contributed by atoms with Crippen molar-refractivity contribution in [2.24, 2.45) is 7.05 Å². The monoisotopic (exact) mass is 263 g/mol. The topological polar surface area (TPSA) is 43.8 Å². The van der Waals surface area contributed by atoms with Crippen LogP contribution >= 0.6 is 0 Å². The number of nitrogens with zero attached hydrogens (tertiary/aromatic N) is 2. The first kappa shape index (κ1) is 11.5. The Labute approximate surface area is 118 Å². The maximum atomic E-state index is 5.80. The predicted octanol–water partition coefficient (Wildman–Crippen LogP) is 3.24. The van der Waals surface area contributed by atoms with Gasteiger partial charge in [0.2, 0.25) is 0 Å². The van der Waals surface area contributed by atoms with E-state index in [1.807, 2.05) is 18.2 Å². The maximum absolute atomic E-state index is 5.80. The third-order valence-electron chi connectivity index (χ3n) is 4.43. The molecule has 0 atom stereocenters. The summed E-state index contributed by atoms with van der Waals surface area (Å²) in [5.41, 5.74) is 10.3. The van der Waals surface area contributed by atoms with Gasteiger partial charge >= 0.3 is 0 Å². The van der Waals surface area contributed by atoms with Gasteiger partial charge in [0.25, 0.3) is 0 Å². The number of nitrogens with two attached hydrogens (primary N) is 1. The molecule has 100 valence electrons. The van der Waals surface area contributed by atoms with Gasteiger partial charge in [-0.3, -0.25) is 0 Å². The molecule has 0 radical (unpaired) electrons. The number of aryl methyl sites for hydroxylation is 1. The van der Waals surface area contributed by atoms with Gasteiger partial charge in [-0.25, -0.2) is 4.98 Å². The van der Waals surface area contributed by atoms with Crippen LogP contribution in [0.15, 0.2) is 48.5 Å². The molecule has 0 amide bonds. The minimum Gasteiger partial charge on any atom is -0.399 e. The number of hydrogen-bond acceptors (Lipinski definition) is 2. The molecule has 1 aliphatic rings. The van der Waals surface area contributed by atoms with Crippen molar-refractivity contribution in [3.05, 3.63) is 59.9 Å². The number of nitrogen functional groups attached to an aromatic ring is 1. The fraction of sp³-hybridized carbons (Fsp3) is 0.235. The molecule has 2 N–H and O–H groups in total. The SMILES string of the molecule is Cn1c(C2(c3ccc(N)cc3)CC2)nc2ccccc21. The van der Waals surface area contributed by atoms with Crippen LogP contribution in [0.4, 0.5) is 5.69 Å². The van der Waals surface area contributed by atoms with Gasteiger partial charge in [-0.2, -0.15) is 0 Å². The van der Waals surface area contributed by atoms with Gasteiger partial charge in [0, 0.05) is 12.7 Å². The molecule has 4 rings (SSSR count). The molecule has 1 aliphatic carbocycles. The van der Waals surface area contributed by atoms with Crippen LogP contribution in [-0.4, -0.2) is 9.55 Å². The lowest BCUT2D eigenvalue weighted by Gasteiger charge is -2.16. The van der Waals surface area contributed by atoms with Crippen molar-refractivity contribution in [3.8, 4) is 0 Å². The summed E-state index contributed by atoms with van der Waals surface area (Å²) in [4.78, 5) is 4.88. The third-order valence-corrected chi connectivity index (χ3v) is 4.43. The van der Waals surface area contributed by atoms with E-state index in [-0.39, 0.29) is 5.41 Å². The van der Waals surface area contributed by atoms with Crippen molar-refractivity contribution >= 4 is 16.7 Å². The van der Waals surface area contributed by atoms with Gasteiger partial charge < -0.3 is 10.3 Å². The molecule has 20 heavy (non-hydrogen) atoms. The Morgan fingerprint density at radius 1 is 1.05 bits per heavy atom. The number of hydrogen-bond donors (Lipinski definition) is 1. The first-order chi connectivity index (χ1) is 9.71. The standard InChI is InChI=1S/C17H17N3/c1-20-15-5-3-2-4-14(15)19-16(20)17(10-11-17)12-6-8-13(18)9-7-12/h2-9H,10-11,18H2,1H3. The smallest absolute Gasteiger partial charge is 0.120 e. The van der Waals surface area contributed by atoms with E-state index in [4.69, 9.17) is 10.7 Å². The van der Waals surface area contributed by atoms with Gasteiger partial charge in [0.1, 0.15) is 5.82 Å². The highest BCUT2D eigenvalue weighted by molar-refractivity contribution is 5.76. The van der Waals surface area contributed by atoms with Crippen LogP contribution in [0.2, 0.25) is 0 Å². The molecule has 1 fully saturated rings. The van der Waals surface area contributed by atoms with E-state index in [2.05, 4.69) is 41.9 Å². The van der Waals surface area contributed by atoms with Gasteiger partial charge in [-0.15, -0.1) is 0 Å². The Bertz CT molecular complexity index is 780. The molecule has 2 aromatic carbocycles. The van der Waals surface area contributed by atoms with Crippen LogP contribution < -0.4 is 5.73 Å². The minimum atomic E-state index is 0.0848. The first-order valence-corrected chi connectivity index (χ1v) is 6.99. The fourth-order valence-electron chi connectivity index (χ4n) is 3.14.